The van der Waals surface area contributed by atoms with Crippen molar-refractivity contribution in [3.63, 3.8) is 0 Å². The molecule has 0 saturated heterocycles. The van der Waals surface area contributed by atoms with E-state index in [1.165, 1.54) is 154 Å². The summed E-state index contributed by atoms with van der Waals surface area (Å²) in [5, 5.41) is 3.97. The molecule has 3 heteroatoms. The Bertz CT molecular complexity index is 465. The molecule has 222 valence electrons. The van der Waals surface area contributed by atoms with Gasteiger partial charge in [0.2, 0.25) is 0 Å². The van der Waals surface area contributed by atoms with E-state index in [4.69, 9.17) is 4.74 Å². The molecule has 0 amide bonds. The van der Waals surface area contributed by atoms with Crippen molar-refractivity contribution >= 4 is 0 Å². The average Bonchev–Trinajstić information content (AvgIpc) is 2.86. The number of rotatable bonds is 28. The molecule has 0 aromatic carbocycles. The molecule has 0 aromatic rings. The van der Waals surface area contributed by atoms with Crippen LogP contribution in [0.15, 0.2) is 0 Å². The maximum absolute atomic E-state index is 6.26. The van der Waals surface area contributed by atoms with Crippen molar-refractivity contribution in [1.82, 2.24) is 10.2 Å². The Morgan fingerprint density at radius 1 is 0.649 bits per heavy atom. The van der Waals surface area contributed by atoms with Gasteiger partial charge in [0.15, 0.2) is 0 Å². The second-order valence-electron chi connectivity index (χ2n) is 12.6. The van der Waals surface area contributed by atoms with Crippen LogP contribution in [0, 0.1) is 5.92 Å². The number of unbranched alkanes of at least 4 members (excludes halogenated alkanes) is 11. The van der Waals surface area contributed by atoms with Crippen molar-refractivity contribution in [3.05, 3.63) is 0 Å². The second-order valence-corrected chi connectivity index (χ2v) is 12.6. The third-order valence-electron chi connectivity index (χ3n) is 8.65. The van der Waals surface area contributed by atoms with Crippen LogP contribution in [-0.2, 0) is 4.74 Å². The number of hydrogen-bond donors (Lipinski definition) is 1. The van der Waals surface area contributed by atoms with Gasteiger partial charge in [-0.3, -0.25) is 0 Å². The van der Waals surface area contributed by atoms with E-state index in [1.54, 1.807) is 0 Å². The van der Waals surface area contributed by atoms with Crippen LogP contribution < -0.4 is 5.32 Å². The van der Waals surface area contributed by atoms with Gasteiger partial charge in [-0.05, 0) is 57.9 Å². The highest BCUT2D eigenvalue weighted by molar-refractivity contribution is 4.88. The predicted octanol–water partition coefficient (Wildman–Crippen LogP) is 9.92. The maximum atomic E-state index is 6.26. The lowest BCUT2D eigenvalue weighted by molar-refractivity contribution is -0.0220. The fourth-order valence-electron chi connectivity index (χ4n) is 6.16. The van der Waals surface area contributed by atoms with Crippen LogP contribution in [0.4, 0.5) is 0 Å². The number of ether oxygens (including phenoxy) is 1. The van der Waals surface area contributed by atoms with Gasteiger partial charge in [-0.15, -0.1) is 0 Å². The quantitative estimate of drug-likeness (QED) is 0.103. The van der Waals surface area contributed by atoms with Crippen molar-refractivity contribution in [2.24, 2.45) is 5.92 Å². The van der Waals surface area contributed by atoms with Gasteiger partial charge in [0, 0.05) is 31.8 Å². The highest BCUT2D eigenvalue weighted by atomic mass is 16.5. The van der Waals surface area contributed by atoms with Crippen molar-refractivity contribution in [3.8, 4) is 0 Å². The minimum atomic E-state index is 0.504. The molecule has 2 atom stereocenters. The standard InChI is InChI=1S/C34H70N2O/c1-6-10-13-16-19-24-31(23-18-15-12-8-3)30-36(5)26-21-27-37-34-28-33(29-34)35-32(22-9-4)25-20-17-14-11-7-2/h31-35H,6-30H2,1-5H3. The zero-order valence-corrected chi connectivity index (χ0v) is 26.3. The fourth-order valence-corrected chi connectivity index (χ4v) is 6.16. The van der Waals surface area contributed by atoms with Gasteiger partial charge in [-0.2, -0.15) is 0 Å². The Balaban J connectivity index is 2.16. The van der Waals surface area contributed by atoms with E-state index < -0.39 is 0 Å². The topological polar surface area (TPSA) is 24.5 Å². The Morgan fingerprint density at radius 2 is 1.19 bits per heavy atom. The zero-order valence-electron chi connectivity index (χ0n) is 26.3. The molecule has 1 aliphatic carbocycles. The van der Waals surface area contributed by atoms with Crippen LogP contribution in [-0.4, -0.2) is 49.8 Å². The van der Waals surface area contributed by atoms with Crippen LogP contribution in [0.1, 0.15) is 169 Å². The third-order valence-corrected chi connectivity index (χ3v) is 8.65. The molecule has 2 unspecified atom stereocenters. The molecule has 1 N–H and O–H groups in total. The second kappa shape index (κ2) is 24.9. The molecule has 0 radical (unpaired) electrons. The molecule has 37 heavy (non-hydrogen) atoms. The lowest BCUT2D eigenvalue weighted by Gasteiger charge is -2.38. The van der Waals surface area contributed by atoms with E-state index in [0.717, 1.165) is 18.6 Å². The molecule has 1 saturated carbocycles. The summed E-state index contributed by atoms with van der Waals surface area (Å²) < 4.78 is 6.26. The minimum Gasteiger partial charge on any atom is -0.378 e. The van der Waals surface area contributed by atoms with Gasteiger partial charge < -0.3 is 15.0 Å². The Hall–Kier alpha value is -0.120. The first-order valence-corrected chi connectivity index (χ1v) is 17.2. The van der Waals surface area contributed by atoms with Crippen LogP contribution in [0.5, 0.6) is 0 Å². The van der Waals surface area contributed by atoms with Crippen LogP contribution in [0.25, 0.3) is 0 Å². The van der Waals surface area contributed by atoms with Gasteiger partial charge in [0.25, 0.3) is 0 Å². The molecule has 0 aromatic heterocycles. The molecule has 1 rings (SSSR count). The summed E-state index contributed by atoms with van der Waals surface area (Å²) in [6.45, 7) is 12.7. The van der Waals surface area contributed by atoms with Gasteiger partial charge in [0.05, 0.1) is 6.10 Å². The Morgan fingerprint density at radius 3 is 1.76 bits per heavy atom. The first-order valence-electron chi connectivity index (χ1n) is 17.2. The van der Waals surface area contributed by atoms with Gasteiger partial charge in [0.1, 0.15) is 0 Å². The molecule has 1 fully saturated rings. The fraction of sp³-hybridized carbons (Fsp3) is 1.00. The molecule has 0 heterocycles. The van der Waals surface area contributed by atoms with E-state index in [0.29, 0.717) is 12.1 Å². The van der Waals surface area contributed by atoms with Crippen molar-refractivity contribution in [2.45, 2.75) is 187 Å². The van der Waals surface area contributed by atoms with Crippen molar-refractivity contribution < 1.29 is 4.74 Å². The highest BCUT2D eigenvalue weighted by Crippen LogP contribution is 2.25. The van der Waals surface area contributed by atoms with Gasteiger partial charge >= 0.3 is 0 Å². The van der Waals surface area contributed by atoms with Crippen molar-refractivity contribution in [1.29, 1.82) is 0 Å². The van der Waals surface area contributed by atoms with E-state index in [9.17, 15) is 0 Å². The van der Waals surface area contributed by atoms with Crippen LogP contribution in [0.2, 0.25) is 0 Å². The summed E-state index contributed by atoms with van der Waals surface area (Å²) in [5.41, 5.74) is 0. The average molecular weight is 523 g/mol. The van der Waals surface area contributed by atoms with Gasteiger partial charge in [-0.1, -0.05) is 124 Å². The normalized spacial score (nSPS) is 19.3. The SMILES string of the molecule is CCCCCCCC(CCCCCC)CN(C)CCCOC1CC(NC(CCC)CCCCCCC)C1. The summed E-state index contributed by atoms with van der Waals surface area (Å²) in [7, 11) is 2.34. The molecule has 1 aliphatic rings. The largest absolute Gasteiger partial charge is 0.378 e. The monoisotopic (exact) mass is 523 g/mol. The number of nitrogens with one attached hydrogen (secondary N) is 1. The van der Waals surface area contributed by atoms with Gasteiger partial charge in [-0.25, -0.2) is 0 Å². The minimum absolute atomic E-state index is 0.504. The van der Waals surface area contributed by atoms with E-state index >= 15 is 0 Å². The number of nitrogens with zero attached hydrogens (tertiary/aromatic N) is 1. The Kier molecular flexibility index (Phi) is 23.5. The van der Waals surface area contributed by atoms with Crippen LogP contribution in [0.3, 0.4) is 0 Å². The molecule has 0 bridgehead atoms. The lowest BCUT2D eigenvalue weighted by Crippen LogP contribution is -2.49. The summed E-state index contributed by atoms with van der Waals surface area (Å²) in [4.78, 5) is 2.60. The molecule has 0 aliphatic heterocycles. The Labute approximate surface area is 234 Å². The zero-order chi connectivity index (χ0) is 27.0. The highest BCUT2D eigenvalue weighted by Gasteiger charge is 2.30. The predicted molar refractivity (Wildman–Crippen MR) is 166 cm³/mol. The maximum Gasteiger partial charge on any atom is 0.0604 e. The summed E-state index contributed by atoms with van der Waals surface area (Å²) >= 11 is 0. The summed E-state index contributed by atoms with van der Waals surface area (Å²) in [5.74, 6) is 0.894. The summed E-state index contributed by atoms with van der Waals surface area (Å²) in [6, 6.07) is 1.43. The molecule has 0 spiro atoms. The van der Waals surface area contributed by atoms with E-state index in [2.05, 4.69) is 45.0 Å². The number of hydrogen-bond acceptors (Lipinski definition) is 3. The van der Waals surface area contributed by atoms with E-state index in [1.807, 2.05) is 0 Å². The third kappa shape index (κ3) is 19.6. The van der Waals surface area contributed by atoms with Crippen LogP contribution >= 0.6 is 0 Å². The lowest BCUT2D eigenvalue weighted by atomic mass is 9.87. The first kappa shape index (κ1) is 34.9. The smallest absolute Gasteiger partial charge is 0.0604 e. The molecule has 3 nitrogen and oxygen atoms in total. The molecular formula is C34H70N2O. The van der Waals surface area contributed by atoms with E-state index in [-0.39, 0.29) is 0 Å². The van der Waals surface area contributed by atoms with Crippen molar-refractivity contribution in [2.75, 3.05) is 26.7 Å². The molecular weight excluding hydrogens is 452 g/mol. The first-order chi connectivity index (χ1) is 18.1. The summed E-state index contributed by atoms with van der Waals surface area (Å²) in [6.07, 6.45) is 30.7.